The maximum atomic E-state index is 14.0. The Hall–Kier alpha value is -3.00. The Kier molecular flexibility index (Phi) is 11.9. The standard InChI is InChI=1S/C32H40F4N2O2/c1-22(25-9-7-24(8-10-25)19-30(39)21-40-3)5-4-6-23(2)26-11-13-27(14-12-26)31-37-17-15-28(32(34,35)36)20-29(33)16-18-38-31/h11-18,24-25,28-29H,1-2,4-10,19-21H2,3H3,(H,37,38)/b17-15+,18-16+. The highest BCUT2D eigenvalue weighted by Gasteiger charge is 2.39. The predicted molar refractivity (Wildman–Crippen MR) is 152 cm³/mol. The first-order valence-corrected chi connectivity index (χ1v) is 13.9. The van der Waals surface area contributed by atoms with Gasteiger partial charge in [0.15, 0.2) is 5.78 Å². The Morgan fingerprint density at radius 3 is 2.42 bits per heavy atom. The van der Waals surface area contributed by atoms with Crippen LogP contribution in [0.5, 0.6) is 0 Å². The number of hydrogen-bond donors (Lipinski definition) is 1. The molecule has 1 aliphatic heterocycles. The molecule has 1 aromatic rings. The predicted octanol–water partition coefficient (Wildman–Crippen LogP) is 8.12. The number of carbonyl (C=O) groups is 1. The number of ketones is 1. The number of aliphatic imine (C=N–C) groups is 1. The van der Waals surface area contributed by atoms with Crippen LogP contribution in [0.15, 0.2) is 72.5 Å². The molecule has 2 unspecified atom stereocenters. The van der Waals surface area contributed by atoms with E-state index in [0.29, 0.717) is 29.7 Å². The van der Waals surface area contributed by atoms with Gasteiger partial charge >= 0.3 is 6.18 Å². The van der Waals surface area contributed by atoms with Gasteiger partial charge in [-0.1, -0.05) is 49.1 Å². The van der Waals surface area contributed by atoms with Crippen LogP contribution in [0, 0.1) is 17.8 Å². The van der Waals surface area contributed by atoms with Gasteiger partial charge in [-0.25, -0.2) is 9.38 Å². The molecule has 1 heterocycles. The third-order valence-electron chi connectivity index (χ3n) is 7.74. The first-order chi connectivity index (χ1) is 19.1. The van der Waals surface area contributed by atoms with E-state index in [9.17, 15) is 22.4 Å². The van der Waals surface area contributed by atoms with Crippen LogP contribution in [-0.4, -0.2) is 37.7 Å². The molecule has 4 nitrogen and oxygen atoms in total. The molecule has 1 N–H and O–H groups in total. The molecule has 3 rings (SSSR count). The van der Waals surface area contributed by atoms with Crippen LogP contribution < -0.4 is 5.32 Å². The van der Waals surface area contributed by atoms with Gasteiger partial charge in [-0.15, -0.1) is 0 Å². The van der Waals surface area contributed by atoms with Crippen LogP contribution in [0.1, 0.15) is 68.9 Å². The molecule has 218 valence electrons. The summed E-state index contributed by atoms with van der Waals surface area (Å²) in [7, 11) is 1.55. The molecule has 8 heteroatoms. The van der Waals surface area contributed by atoms with Crippen LogP contribution in [0.25, 0.3) is 5.57 Å². The van der Waals surface area contributed by atoms with Crippen molar-refractivity contribution in [3.63, 3.8) is 0 Å². The van der Waals surface area contributed by atoms with E-state index in [1.807, 2.05) is 24.3 Å². The minimum Gasteiger partial charge on any atom is -0.377 e. The van der Waals surface area contributed by atoms with Gasteiger partial charge in [0.25, 0.3) is 0 Å². The van der Waals surface area contributed by atoms with E-state index in [0.717, 1.165) is 68.2 Å². The van der Waals surface area contributed by atoms with E-state index in [1.165, 1.54) is 18.0 Å². The summed E-state index contributed by atoms with van der Waals surface area (Å²) in [5, 5.41) is 2.81. The number of nitrogens with zero attached hydrogens (tertiary/aromatic N) is 1. The molecule has 1 aliphatic carbocycles. The van der Waals surface area contributed by atoms with Crippen molar-refractivity contribution in [1.29, 1.82) is 0 Å². The highest BCUT2D eigenvalue weighted by atomic mass is 19.4. The van der Waals surface area contributed by atoms with E-state index in [1.54, 1.807) is 7.11 Å². The smallest absolute Gasteiger partial charge is 0.377 e. The second-order valence-corrected chi connectivity index (χ2v) is 10.8. The minimum absolute atomic E-state index is 0.179. The van der Waals surface area contributed by atoms with Gasteiger partial charge in [0.1, 0.15) is 18.6 Å². The topological polar surface area (TPSA) is 50.7 Å². The lowest BCUT2D eigenvalue weighted by atomic mass is 9.76. The number of amidine groups is 1. The summed E-state index contributed by atoms with van der Waals surface area (Å²) < 4.78 is 58.5. The number of halogens is 4. The van der Waals surface area contributed by atoms with Gasteiger partial charge in [-0.2, -0.15) is 13.2 Å². The van der Waals surface area contributed by atoms with Gasteiger partial charge in [0.05, 0.1) is 5.92 Å². The summed E-state index contributed by atoms with van der Waals surface area (Å²) in [5.74, 6) is -0.411. The lowest BCUT2D eigenvalue weighted by molar-refractivity contribution is -0.164. The maximum Gasteiger partial charge on any atom is 0.395 e. The Bertz CT molecular complexity index is 1100. The number of Topliss-reactive ketones (excluding diaryl/α,β-unsaturated/α-hetero) is 1. The maximum absolute atomic E-state index is 14.0. The molecule has 1 fully saturated rings. The van der Waals surface area contributed by atoms with Crippen LogP contribution in [0.4, 0.5) is 17.6 Å². The number of benzene rings is 1. The summed E-state index contributed by atoms with van der Waals surface area (Å²) in [6, 6.07) is 7.46. The summed E-state index contributed by atoms with van der Waals surface area (Å²) in [6.07, 6.45) is 4.99. The Morgan fingerprint density at radius 2 is 1.77 bits per heavy atom. The van der Waals surface area contributed by atoms with Crippen LogP contribution >= 0.6 is 0 Å². The van der Waals surface area contributed by atoms with Crippen LogP contribution in [0.2, 0.25) is 0 Å². The lowest BCUT2D eigenvalue weighted by Gasteiger charge is -2.29. The van der Waals surface area contributed by atoms with Gasteiger partial charge < -0.3 is 10.1 Å². The molecule has 0 spiro atoms. The zero-order valence-electron chi connectivity index (χ0n) is 23.2. The third-order valence-corrected chi connectivity index (χ3v) is 7.74. The molecule has 1 saturated carbocycles. The number of alkyl halides is 4. The summed E-state index contributed by atoms with van der Waals surface area (Å²) >= 11 is 0. The zero-order chi connectivity index (χ0) is 29.1. The second kappa shape index (κ2) is 15.1. The SMILES string of the molecule is C=C(CCCC(=C)C1CCC(CC(=O)COC)CC1)c1ccc(C2=N/C=C/C(F)CC(C(F)(F)F)/C=C/N2)cc1. The third kappa shape index (κ3) is 9.88. The molecule has 2 aliphatic rings. The monoisotopic (exact) mass is 560 g/mol. The Morgan fingerprint density at radius 1 is 1.07 bits per heavy atom. The lowest BCUT2D eigenvalue weighted by Crippen LogP contribution is -2.26. The summed E-state index contributed by atoms with van der Waals surface area (Å²) in [6.45, 7) is 8.77. The number of methoxy groups -OCH3 is 1. The van der Waals surface area contributed by atoms with Crippen molar-refractivity contribution in [3.05, 3.63) is 78.7 Å². The van der Waals surface area contributed by atoms with Crippen LogP contribution in [0.3, 0.4) is 0 Å². The first kappa shape index (κ1) is 31.5. The van der Waals surface area contributed by atoms with Crippen molar-refractivity contribution in [2.24, 2.45) is 22.7 Å². The molecular weight excluding hydrogens is 520 g/mol. The van der Waals surface area contributed by atoms with Gasteiger partial charge in [-0.05, 0) is 86.6 Å². The molecule has 0 bridgehead atoms. The number of allylic oxidation sites excluding steroid dienone is 4. The summed E-state index contributed by atoms with van der Waals surface area (Å²) in [4.78, 5) is 16.0. The largest absolute Gasteiger partial charge is 0.395 e. The fourth-order valence-corrected chi connectivity index (χ4v) is 5.35. The Labute approximate surface area is 235 Å². The first-order valence-electron chi connectivity index (χ1n) is 13.9. The van der Waals surface area contributed by atoms with Crippen molar-refractivity contribution in [2.75, 3.05) is 13.7 Å². The molecule has 0 aromatic heterocycles. The average Bonchev–Trinajstić information content (AvgIpc) is 2.91. The van der Waals surface area contributed by atoms with E-state index >= 15 is 0 Å². The normalized spacial score (nSPS) is 25.3. The average molecular weight is 561 g/mol. The minimum atomic E-state index is -4.52. The Balaban J connectivity index is 1.48. The van der Waals surface area contributed by atoms with Gasteiger partial charge in [0, 0.05) is 25.3 Å². The van der Waals surface area contributed by atoms with Crippen molar-refractivity contribution in [1.82, 2.24) is 5.32 Å². The fraction of sp³-hybridized carbons (Fsp3) is 0.500. The molecule has 0 amide bonds. The highest BCUT2D eigenvalue weighted by molar-refractivity contribution is 6.00. The van der Waals surface area contributed by atoms with E-state index in [-0.39, 0.29) is 12.4 Å². The number of hydrogen-bond acceptors (Lipinski definition) is 4. The highest BCUT2D eigenvalue weighted by Crippen LogP contribution is 2.36. The van der Waals surface area contributed by atoms with Crippen molar-refractivity contribution in [2.45, 2.75) is 70.1 Å². The van der Waals surface area contributed by atoms with Crippen molar-refractivity contribution < 1.29 is 27.1 Å². The second-order valence-electron chi connectivity index (χ2n) is 10.8. The van der Waals surface area contributed by atoms with E-state index in [4.69, 9.17) is 4.74 Å². The van der Waals surface area contributed by atoms with E-state index < -0.39 is 24.7 Å². The quantitative estimate of drug-likeness (QED) is 0.220. The van der Waals surface area contributed by atoms with Crippen molar-refractivity contribution in [3.8, 4) is 0 Å². The van der Waals surface area contributed by atoms with Gasteiger partial charge in [-0.3, -0.25) is 4.79 Å². The fourth-order valence-electron chi connectivity index (χ4n) is 5.35. The number of carbonyl (C=O) groups excluding carboxylic acids is 1. The zero-order valence-corrected chi connectivity index (χ0v) is 23.2. The number of ether oxygens (including phenoxy) is 1. The molecule has 0 radical (unpaired) electrons. The molecule has 2 atom stereocenters. The summed E-state index contributed by atoms with van der Waals surface area (Å²) in [5.41, 5.74) is 3.91. The van der Waals surface area contributed by atoms with Gasteiger partial charge in [0.2, 0.25) is 0 Å². The van der Waals surface area contributed by atoms with Crippen molar-refractivity contribution >= 4 is 17.2 Å². The molecule has 40 heavy (non-hydrogen) atoms. The molecular formula is C32H40F4N2O2. The molecule has 0 saturated heterocycles. The number of rotatable bonds is 11. The number of nitrogens with one attached hydrogen (secondary N) is 1. The molecule has 1 aromatic carbocycles. The van der Waals surface area contributed by atoms with E-state index in [2.05, 4.69) is 23.5 Å². The van der Waals surface area contributed by atoms with Crippen LogP contribution in [-0.2, 0) is 9.53 Å².